The van der Waals surface area contributed by atoms with Gasteiger partial charge < -0.3 is 16.2 Å². The van der Waals surface area contributed by atoms with Crippen LogP contribution in [0.1, 0.15) is 11.1 Å². The van der Waals surface area contributed by atoms with Crippen LogP contribution in [-0.4, -0.2) is 24.1 Å². The molecule has 0 aromatic heterocycles. The van der Waals surface area contributed by atoms with Crippen molar-refractivity contribution >= 4 is 5.91 Å². The highest BCUT2D eigenvalue weighted by Gasteiger charge is 2.31. The number of carbonyl (C=O) groups is 1. The highest BCUT2D eigenvalue weighted by Crippen LogP contribution is 2.28. The van der Waals surface area contributed by atoms with E-state index in [-0.39, 0.29) is 19.0 Å². The summed E-state index contributed by atoms with van der Waals surface area (Å²) in [5.74, 6) is -0.296. The van der Waals surface area contributed by atoms with E-state index in [0.29, 0.717) is 0 Å². The summed E-state index contributed by atoms with van der Waals surface area (Å²) >= 11 is 0. The topological polar surface area (TPSA) is 75.4 Å². The Balaban J connectivity index is 2.36. The van der Waals surface area contributed by atoms with Crippen molar-refractivity contribution in [2.24, 2.45) is 5.73 Å². The van der Waals surface area contributed by atoms with Crippen molar-refractivity contribution in [3.05, 3.63) is 71.8 Å². The van der Waals surface area contributed by atoms with E-state index in [2.05, 4.69) is 5.32 Å². The molecule has 20 heavy (non-hydrogen) atoms. The minimum atomic E-state index is -1.27. The van der Waals surface area contributed by atoms with E-state index in [4.69, 9.17) is 5.73 Å². The van der Waals surface area contributed by atoms with Crippen molar-refractivity contribution in [3.8, 4) is 0 Å². The summed E-state index contributed by atoms with van der Waals surface area (Å²) in [5, 5.41) is 13.7. The molecule has 4 N–H and O–H groups in total. The van der Waals surface area contributed by atoms with Crippen molar-refractivity contribution in [1.82, 2.24) is 5.32 Å². The molecular weight excluding hydrogens is 252 g/mol. The van der Waals surface area contributed by atoms with Crippen LogP contribution in [0.15, 0.2) is 60.7 Å². The summed E-state index contributed by atoms with van der Waals surface area (Å²) in [6, 6.07) is 18.5. The lowest BCUT2D eigenvalue weighted by atomic mass is 9.86. The van der Waals surface area contributed by atoms with Crippen LogP contribution in [0.4, 0.5) is 0 Å². The van der Waals surface area contributed by atoms with Gasteiger partial charge in [-0.05, 0) is 11.1 Å². The molecule has 0 aliphatic heterocycles. The van der Waals surface area contributed by atoms with Gasteiger partial charge in [-0.2, -0.15) is 0 Å². The summed E-state index contributed by atoms with van der Waals surface area (Å²) in [6.45, 7) is -0.0171. The van der Waals surface area contributed by atoms with E-state index in [1.165, 1.54) is 0 Å². The fourth-order valence-electron chi connectivity index (χ4n) is 2.10. The summed E-state index contributed by atoms with van der Waals surface area (Å²) in [6.07, 6.45) is 0. The molecule has 0 aliphatic rings. The Kier molecular flexibility index (Phi) is 4.50. The number of carbonyl (C=O) groups excluding carboxylic acids is 1. The first-order valence-electron chi connectivity index (χ1n) is 6.47. The molecule has 2 aromatic carbocycles. The lowest BCUT2D eigenvalue weighted by Crippen LogP contribution is -2.43. The zero-order valence-corrected chi connectivity index (χ0v) is 11.1. The fraction of sp³-hybridized carbons (Fsp3) is 0.188. The molecule has 0 aliphatic carbocycles. The predicted octanol–water partition coefficient (Wildman–Crippen LogP) is 0.997. The van der Waals surface area contributed by atoms with Gasteiger partial charge in [0, 0.05) is 0 Å². The van der Waals surface area contributed by atoms with Crippen molar-refractivity contribution in [1.29, 1.82) is 0 Å². The van der Waals surface area contributed by atoms with E-state index < -0.39 is 5.60 Å². The van der Waals surface area contributed by atoms with Crippen LogP contribution >= 0.6 is 0 Å². The molecule has 1 amide bonds. The van der Waals surface area contributed by atoms with E-state index >= 15 is 0 Å². The van der Waals surface area contributed by atoms with Crippen molar-refractivity contribution in [2.75, 3.05) is 13.1 Å². The van der Waals surface area contributed by atoms with Crippen molar-refractivity contribution in [3.63, 3.8) is 0 Å². The highest BCUT2D eigenvalue weighted by atomic mass is 16.3. The van der Waals surface area contributed by atoms with Gasteiger partial charge in [0.1, 0.15) is 5.60 Å². The van der Waals surface area contributed by atoms with Crippen molar-refractivity contribution in [2.45, 2.75) is 5.60 Å². The first-order valence-corrected chi connectivity index (χ1v) is 6.47. The zero-order valence-electron chi connectivity index (χ0n) is 11.1. The van der Waals surface area contributed by atoms with Crippen LogP contribution in [0.3, 0.4) is 0 Å². The molecule has 4 heteroatoms. The van der Waals surface area contributed by atoms with Gasteiger partial charge in [-0.15, -0.1) is 0 Å². The Bertz CT molecular complexity index is 516. The van der Waals surface area contributed by atoms with Gasteiger partial charge in [-0.1, -0.05) is 60.7 Å². The number of nitrogens with one attached hydrogen (secondary N) is 1. The first-order chi connectivity index (χ1) is 9.66. The van der Waals surface area contributed by atoms with Gasteiger partial charge in [0.2, 0.25) is 5.91 Å². The highest BCUT2D eigenvalue weighted by molar-refractivity contribution is 5.77. The van der Waals surface area contributed by atoms with Gasteiger partial charge in [0.15, 0.2) is 0 Å². The standard InChI is InChI=1S/C16H18N2O2/c17-11-15(19)18-12-16(20,13-7-3-1-4-8-13)14-9-5-2-6-10-14/h1-10,20H,11-12,17H2,(H,18,19). The van der Waals surface area contributed by atoms with Crippen LogP contribution in [0.5, 0.6) is 0 Å². The second-order valence-electron chi connectivity index (χ2n) is 4.57. The first kappa shape index (κ1) is 14.2. The second-order valence-corrected chi connectivity index (χ2v) is 4.57. The summed E-state index contributed by atoms with van der Waals surface area (Å²) in [4.78, 5) is 11.4. The maximum atomic E-state index is 11.4. The van der Waals surface area contributed by atoms with Gasteiger partial charge in [-0.3, -0.25) is 4.79 Å². The molecule has 0 heterocycles. The number of rotatable bonds is 5. The molecule has 0 spiro atoms. The van der Waals surface area contributed by atoms with E-state index in [9.17, 15) is 9.90 Å². The predicted molar refractivity (Wildman–Crippen MR) is 77.9 cm³/mol. The average molecular weight is 270 g/mol. The SMILES string of the molecule is NCC(=O)NCC(O)(c1ccccc1)c1ccccc1. The van der Waals surface area contributed by atoms with E-state index in [0.717, 1.165) is 11.1 Å². The number of nitrogens with two attached hydrogens (primary N) is 1. The van der Waals surface area contributed by atoms with Crippen LogP contribution in [0.2, 0.25) is 0 Å². The molecule has 0 saturated carbocycles. The molecule has 2 aromatic rings. The number of amides is 1. The number of hydrogen-bond acceptors (Lipinski definition) is 3. The molecule has 0 fully saturated rings. The van der Waals surface area contributed by atoms with Gasteiger partial charge in [-0.25, -0.2) is 0 Å². The molecule has 0 atom stereocenters. The number of hydrogen-bond donors (Lipinski definition) is 3. The molecule has 0 saturated heterocycles. The monoisotopic (exact) mass is 270 g/mol. The third-order valence-corrected chi connectivity index (χ3v) is 3.23. The normalized spacial score (nSPS) is 11.1. The van der Waals surface area contributed by atoms with Crippen molar-refractivity contribution < 1.29 is 9.90 Å². The molecule has 0 unspecified atom stereocenters. The molecule has 104 valence electrons. The molecule has 4 nitrogen and oxygen atoms in total. The van der Waals surface area contributed by atoms with E-state index in [1.807, 2.05) is 60.7 Å². The lowest BCUT2D eigenvalue weighted by Gasteiger charge is -2.29. The molecule has 0 bridgehead atoms. The average Bonchev–Trinajstić information content (AvgIpc) is 2.54. The van der Waals surface area contributed by atoms with Gasteiger partial charge >= 0.3 is 0 Å². The third kappa shape index (κ3) is 3.04. The van der Waals surface area contributed by atoms with Crippen LogP contribution in [0, 0.1) is 0 Å². The van der Waals surface area contributed by atoms with Gasteiger partial charge in [0.25, 0.3) is 0 Å². The van der Waals surface area contributed by atoms with E-state index in [1.54, 1.807) is 0 Å². The molecule has 2 rings (SSSR count). The largest absolute Gasteiger partial charge is 0.379 e. The zero-order chi connectivity index (χ0) is 14.4. The minimum absolute atomic E-state index is 0.0804. The number of aliphatic hydroxyl groups is 1. The minimum Gasteiger partial charge on any atom is -0.379 e. The maximum Gasteiger partial charge on any atom is 0.233 e. The van der Waals surface area contributed by atoms with Crippen LogP contribution < -0.4 is 11.1 Å². The van der Waals surface area contributed by atoms with Crippen LogP contribution in [0.25, 0.3) is 0 Å². The maximum absolute atomic E-state index is 11.4. The Morgan fingerprint density at radius 1 is 1.00 bits per heavy atom. The third-order valence-electron chi connectivity index (χ3n) is 3.23. The molecular formula is C16H18N2O2. The Hall–Kier alpha value is -2.17. The lowest BCUT2D eigenvalue weighted by molar-refractivity contribution is -0.120. The Morgan fingerprint density at radius 2 is 1.45 bits per heavy atom. The summed E-state index contributed by atoms with van der Waals surface area (Å²) in [7, 11) is 0. The van der Waals surface area contributed by atoms with Gasteiger partial charge in [0.05, 0.1) is 13.1 Å². The number of benzene rings is 2. The summed E-state index contributed by atoms with van der Waals surface area (Å²) < 4.78 is 0. The fourth-order valence-corrected chi connectivity index (χ4v) is 2.10. The second kappa shape index (κ2) is 6.32. The quantitative estimate of drug-likeness (QED) is 0.758. The summed E-state index contributed by atoms with van der Waals surface area (Å²) in [5.41, 5.74) is 5.47. The Morgan fingerprint density at radius 3 is 1.85 bits per heavy atom. The Labute approximate surface area is 118 Å². The van der Waals surface area contributed by atoms with Crippen LogP contribution in [-0.2, 0) is 10.4 Å². The smallest absolute Gasteiger partial charge is 0.233 e. The molecule has 0 radical (unpaired) electrons.